The molecule has 0 aliphatic carbocycles. The minimum atomic E-state index is 0.815. The molecule has 0 saturated carbocycles. The molecule has 1 atom stereocenters. The Kier molecular flexibility index (Phi) is 4.31. The first-order valence-electron chi connectivity index (χ1n) is 6.14. The van der Waals surface area contributed by atoms with Gasteiger partial charge in [0.2, 0.25) is 0 Å². The van der Waals surface area contributed by atoms with E-state index in [1.165, 1.54) is 31.5 Å². The molecule has 0 amide bonds. The number of aromatic nitrogens is 1. The van der Waals surface area contributed by atoms with Crippen molar-refractivity contribution in [2.45, 2.75) is 19.4 Å². The van der Waals surface area contributed by atoms with Gasteiger partial charge in [0.15, 0.2) is 0 Å². The predicted molar refractivity (Wildman–Crippen MR) is 66.2 cm³/mol. The van der Waals surface area contributed by atoms with E-state index >= 15 is 0 Å². The zero-order valence-corrected chi connectivity index (χ0v) is 10.0. The molecule has 1 aliphatic rings. The first-order valence-corrected chi connectivity index (χ1v) is 6.14. The van der Waals surface area contributed by atoms with Gasteiger partial charge in [-0.2, -0.15) is 0 Å². The lowest BCUT2D eigenvalue weighted by atomic mass is 9.98. The molecule has 0 bridgehead atoms. The fourth-order valence-electron chi connectivity index (χ4n) is 2.50. The summed E-state index contributed by atoms with van der Waals surface area (Å²) in [5.41, 5.74) is 1.33. The van der Waals surface area contributed by atoms with Crippen LogP contribution >= 0.6 is 0 Å². The molecule has 3 heteroatoms. The van der Waals surface area contributed by atoms with Gasteiger partial charge in [0, 0.05) is 25.5 Å². The molecule has 1 aromatic rings. The highest BCUT2D eigenvalue weighted by molar-refractivity contribution is 5.08. The van der Waals surface area contributed by atoms with E-state index < -0.39 is 0 Å². The van der Waals surface area contributed by atoms with E-state index in [1.54, 1.807) is 0 Å². The van der Waals surface area contributed by atoms with Crippen LogP contribution in [0.1, 0.15) is 18.4 Å². The van der Waals surface area contributed by atoms with Gasteiger partial charge in [-0.05, 0) is 50.5 Å². The molecule has 0 aromatic carbocycles. The highest BCUT2D eigenvalue weighted by atomic mass is 15.1. The number of pyridine rings is 1. The number of nitrogens with zero attached hydrogens (tertiary/aromatic N) is 2. The molecule has 88 valence electrons. The van der Waals surface area contributed by atoms with Gasteiger partial charge in [-0.1, -0.05) is 6.07 Å². The van der Waals surface area contributed by atoms with E-state index in [0.717, 1.165) is 19.0 Å². The van der Waals surface area contributed by atoms with Gasteiger partial charge in [0.05, 0.1) is 0 Å². The summed E-state index contributed by atoms with van der Waals surface area (Å²) in [6, 6.07) is 4.18. The molecule has 1 fully saturated rings. The number of likely N-dealkylation sites (tertiary alicyclic amines) is 1. The van der Waals surface area contributed by atoms with Crippen LogP contribution in [0.5, 0.6) is 0 Å². The van der Waals surface area contributed by atoms with Gasteiger partial charge >= 0.3 is 0 Å². The largest absolute Gasteiger partial charge is 0.319 e. The van der Waals surface area contributed by atoms with Gasteiger partial charge in [-0.25, -0.2) is 0 Å². The summed E-state index contributed by atoms with van der Waals surface area (Å²) in [6.07, 6.45) is 6.50. The molecule has 2 heterocycles. The van der Waals surface area contributed by atoms with E-state index in [-0.39, 0.29) is 0 Å². The Morgan fingerprint density at radius 3 is 3.25 bits per heavy atom. The highest BCUT2D eigenvalue weighted by Crippen LogP contribution is 2.17. The molecule has 1 aliphatic heterocycles. The molecule has 0 radical (unpaired) electrons. The third-order valence-corrected chi connectivity index (χ3v) is 3.22. The van der Waals surface area contributed by atoms with Crippen molar-refractivity contribution in [1.82, 2.24) is 15.2 Å². The van der Waals surface area contributed by atoms with E-state index in [2.05, 4.69) is 21.3 Å². The summed E-state index contributed by atoms with van der Waals surface area (Å²) in [7, 11) is 2.04. The number of hydrogen-bond acceptors (Lipinski definition) is 3. The minimum absolute atomic E-state index is 0.815. The zero-order chi connectivity index (χ0) is 11.2. The van der Waals surface area contributed by atoms with Crippen LogP contribution in [0.3, 0.4) is 0 Å². The Bertz CT molecular complexity index is 297. The molecular weight excluding hydrogens is 198 g/mol. The van der Waals surface area contributed by atoms with Crippen molar-refractivity contribution in [2.75, 3.05) is 26.7 Å². The summed E-state index contributed by atoms with van der Waals surface area (Å²) in [5.74, 6) is 0.815. The molecule has 16 heavy (non-hydrogen) atoms. The molecule has 2 rings (SSSR count). The van der Waals surface area contributed by atoms with Crippen molar-refractivity contribution < 1.29 is 0 Å². The second-order valence-electron chi connectivity index (χ2n) is 4.66. The Morgan fingerprint density at radius 1 is 1.56 bits per heavy atom. The number of rotatable bonds is 4. The van der Waals surface area contributed by atoms with Gasteiger partial charge < -0.3 is 5.32 Å². The van der Waals surface area contributed by atoms with Crippen LogP contribution in [-0.2, 0) is 6.54 Å². The van der Waals surface area contributed by atoms with Crippen molar-refractivity contribution in [2.24, 2.45) is 5.92 Å². The normalized spacial score (nSPS) is 22.2. The van der Waals surface area contributed by atoms with E-state index in [4.69, 9.17) is 0 Å². The minimum Gasteiger partial charge on any atom is -0.319 e. The van der Waals surface area contributed by atoms with Crippen LogP contribution < -0.4 is 5.32 Å². The van der Waals surface area contributed by atoms with Crippen LogP contribution in [0.15, 0.2) is 24.5 Å². The van der Waals surface area contributed by atoms with Gasteiger partial charge in [0.25, 0.3) is 0 Å². The van der Waals surface area contributed by atoms with E-state index in [1.807, 2.05) is 25.5 Å². The second kappa shape index (κ2) is 5.97. The standard InChI is InChI=1S/C13H21N3/c1-14-8-12-5-3-7-16(10-12)11-13-4-2-6-15-9-13/h2,4,6,9,12,14H,3,5,7-8,10-11H2,1H3/t12-/m1/s1. The lowest BCUT2D eigenvalue weighted by Crippen LogP contribution is -2.38. The van der Waals surface area contributed by atoms with Gasteiger partial charge in [-0.15, -0.1) is 0 Å². The third kappa shape index (κ3) is 3.29. The summed E-state index contributed by atoms with van der Waals surface area (Å²) in [6.45, 7) is 4.64. The maximum Gasteiger partial charge on any atom is 0.0312 e. The van der Waals surface area contributed by atoms with Gasteiger partial charge in [0.1, 0.15) is 0 Å². The smallest absolute Gasteiger partial charge is 0.0312 e. The maximum absolute atomic E-state index is 4.17. The van der Waals surface area contributed by atoms with Crippen LogP contribution in [-0.4, -0.2) is 36.6 Å². The first kappa shape index (κ1) is 11.6. The van der Waals surface area contributed by atoms with Crippen molar-refractivity contribution in [3.8, 4) is 0 Å². The van der Waals surface area contributed by atoms with E-state index in [0.29, 0.717) is 0 Å². The predicted octanol–water partition coefficient (Wildman–Crippen LogP) is 1.51. The van der Waals surface area contributed by atoms with Crippen LogP contribution in [0, 0.1) is 5.92 Å². The molecule has 0 spiro atoms. The lowest BCUT2D eigenvalue weighted by molar-refractivity contribution is 0.166. The Balaban J connectivity index is 1.85. The molecule has 1 saturated heterocycles. The zero-order valence-electron chi connectivity index (χ0n) is 10.0. The average Bonchev–Trinajstić information content (AvgIpc) is 2.31. The number of piperidine rings is 1. The van der Waals surface area contributed by atoms with Crippen molar-refractivity contribution >= 4 is 0 Å². The quantitative estimate of drug-likeness (QED) is 0.832. The molecule has 0 unspecified atom stereocenters. The SMILES string of the molecule is CNC[C@H]1CCCN(Cc2cccnc2)C1. The highest BCUT2D eigenvalue weighted by Gasteiger charge is 2.18. The van der Waals surface area contributed by atoms with E-state index in [9.17, 15) is 0 Å². The van der Waals surface area contributed by atoms with Crippen molar-refractivity contribution in [3.63, 3.8) is 0 Å². The van der Waals surface area contributed by atoms with Crippen molar-refractivity contribution in [1.29, 1.82) is 0 Å². The molecular formula is C13H21N3. The summed E-state index contributed by atoms with van der Waals surface area (Å²) < 4.78 is 0. The fourth-order valence-corrected chi connectivity index (χ4v) is 2.50. The Morgan fingerprint density at radius 2 is 2.50 bits per heavy atom. The lowest BCUT2D eigenvalue weighted by Gasteiger charge is -2.32. The van der Waals surface area contributed by atoms with Crippen LogP contribution in [0.25, 0.3) is 0 Å². The summed E-state index contributed by atoms with van der Waals surface area (Å²) in [4.78, 5) is 6.71. The van der Waals surface area contributed by atoms with Crippen LogP contribution in [0.2, 0.25) is 0 Å². The fraction of sp³-hybridized carbons (Fsp3) is 0.615. The molecule has 1 aromatic heterocycles. The Labute approximate surface area is 97.9 Å². The number of nitrogens with one attached hydrogen (secondary N) is 1. The second-order valence-corrected chi connectivity index (χ2v) is 4.66. The van der Waals surface area contributed by atoms with Crippen molar-refractivity contribution in [3.05, 3.63) is 30.1 Å². The average molecular weight is 219 g/mol. The monoisotopic (exact) mass is 219 g/mol. The molecule has 1 N–H and O–H groups in total. The topological polar surface area (TPSA) is 28.2 Å². The van der Waals surface area contributed by atoms with Gasteiger partial charge in [-0.3, -0.25) is 9.88 Å². The molecule has 3 nitrogen and oxygen atoms in total. The Hall–Kier alpha value is -0.930. The maximum atomic E-state index is 4.17. The summed E-state index contributed by atoms with van der Waals surface area (Å²) in [5, 5.41) is 3.28. The summed E-state index contributed by atoms with van der Waals surface area (Å²) >= 11 is 0. The third-order valence-electron chi connectivity index (χ3n) is 3.22. The number of hydrogen-bond donors (Lipinski definition) is 1. The first-order chi connectivity index (χ1) is 7.88. The van der Waals surface area contributed by atoms with Crippen LogP contribution in [0.4, 0.5) is 0 Å².